The Morgan fingerprint density at radius 2 is 1.47 bits per heavy atom. The van der Waals surface area contributed by atoms with Crippen LogP contribution in [0.3, 0.4) is 0 Å². The van der Waals surface area contributed by atoms with Crippen LogP contribution in [-0.4, -0.2) is 48.7 Å². The molecule has 1 unspecified atom stereocenters. The summed E-state index contributed by atoms with van der Waals surface area (Å²) < 4.78 is 4.79. The summed E-state index contributed by atoms with van der Waals surface area (Å²) in [6.45, 7) is 7.17. The van der Waals surface area contributed by atoms with Crippen molar-refractivity contribution in [3.63, 3.8) is 0 Å². The summed E-state index contributed by atoms with van der Waals surface area (Å²) in [6.07, 6.45) is 0. The Kier molecular flexibility index (Phi) is 6.95. The molecule has 6 heteroatoms. The van der Waals surface area contributed by atoms with Crippen molar-refractivity contribution in [1.82, 2.24) is 20.1 Å². The third kappa shape index (κ3) is 4.80. The number of nitrogens with one attached hydrogen (secondary N) is 2. The summed E-state index contributed by atoms with van der Waals surface area (Å²) >= 11 is 7.36. The molecule has 32 heavy (non-hydrogen) atoms. The van der Waals surface area contributed by atoms with Crippen molar-refractivity contribution in [3.8, 4) is 0 Å². The highest BCUT2D eigenvalue weighted by Crippen LogP contribution is 2.35. The highest BCUT2D eigenvalue weighted by atomic mass is 79.9. The minimum atomic E-state index is 0.333. The lowest BCUT2D eigenvalue weighted by atomic mass is 10.2. The number of piperazine rings is 1. The maximum absolute atomic E-state index is 3.75. The first kappa shape index (κ1) is 22.1. The molecule has 2 N–H and O–H groups in total. The monoisotopic (exact) mass is 554 g/mol. The molecule has 0 aliphatic carbocycles. The Morgan fingerprint density at radius 1 is 0.844 bits per heavy atom. The average molecular weight is 556 g/mol. The number of benzene rings is 3. The quantitative estimate of drug-likeness (QED) is 0.313. The van der Waals surface area contributed by atoms with Gasteiger partial charge in [-0.1, -0.05) is 62.2 Å². The molecule has 0 bridgehead atoms. The summed E-state index contributed by atoms with van der Waals surface area (Å²) in [5, 5.41) is 9.83. The van der Waals surface area contributed by atoms with Crippen molar-refractivity contribution in [1.29, 1.82) is 0 Å². The fourth-order valence-corrected chi connectivity index (χ4v) is 5.52. The molecule has 2 heterocycles. The molecule has 4 aromatic rings. The van der Waals surface area contributed by atoms with Gasteiger partial charge in [0.25, 0.3) is 0 Å². The second-order valence-electron chi connectivity index (χ2n) is 8.51. The summed E-state index contributed by atoms with van der Waals surface area (Å²) in [5.74, 6) is 0. The van der Waals surface area contributed by atoms with E-state index in [0.29, 0.717) is 6.04 Å². The fourth-order valence-electron chi connectivity index (χ4n) is 4.80. The van der Waals surface area contributed by atoms with Crippen LogP contribution in [0.5, 0.6) is 0 Å². The zero-order valence-electron chi connectivity index (χ0n) is 18.0. The summed E-state index contributed by atoms with van der Waals surface area (Å²) in [6, 6.07) is 24.3. The van der Waals surface area contributed by atoms with E-state index >= 15 is 0 Å². The van der Waals surface area contributed by atoms with E-state index < -0.39 is 0 Å². The fraction of sp³-hybridized carbons (Fsp3) is 0.308. The van der Waals surface area contributed by atoms with Crippen LogP contribution in [0.2, 0.25) is 0 Å². The van der Waals surface area contributed by atoms with Crippen LogP contribution in [0.25, 0.3) is 21.8 Å². The SMILES string of the molecule is Brc1ccc2c(c1)c1cc(Br)ccc1n2C(CNCc1ccccc1)CN1CCNCC1. The molecule has 0 amide bonds. The van der Waals surface area contributed by atoms with E-state index in [-0.39, 0.29) is 0 Å². The van der Waals surface area contributed by atoms with E-state index in [1.807, 2.05) is 0 Å². The lowest BCUT2D eigenvalue weighted by Gasteiger charge is -2.32. The third-order valence-electron chi connectivity index (χ3n) is 6.32. The topological polar surface area (TPSA) is 32.2 Å². The number of hydrogen-bond donors (Lipinski definition) is 2. The maximum Gasteiger partial charge on any atom is 0.0594 e. The minimum absolute atomic E-state index is 0.333. The molecule has 5 rings (SSSR count). The molecule has 1 aliphatic rings. The third-order valence-corrected chi connectivity index (χ3v) is 7.31. The molecule has 1 saturated heterocycles. The van der Waals surface area contributed by atoms with Gasteiger partial charge >= 0.3 is 0 Å². The number of rotatable bonds is 7. The lowest BCUT2D eigenvalue weighted by molar-refractivity contribution is 0.207. The van der Waals surface area contributed by atoms with Crippen molar-refractivity contribution >= 4 is 53.7 Å². The van der Waals surface area contributed by atoms with Gasteiger partial charge in [0.15, 0.2) is 0 Å². The van der Waals surface area contributed by atoms with Gasteiger partial charge in [0, 0.05) is 76.6 Å². The molecule has 1 fully saturated rings. The van der Waals surface area contributed by atoms with E-state index in [9.17, 15) is 0 Å². The predicted molar refractivity (Wildman–Crippen MR) is 141 cm³/mol. The predicted octanol–water partition coefficient (Wildman–Crippen LogP) is 5.56. The lowest BCUT2D eigenvalue weighted by Crippen LogP contribution is -2.46. The Bertz CT molecular complexity index is 1140. The van der Waals surface area contributed by atoms with Gasteiger partial charge in [0.1, 0.15) is 0 Å². The van der Waals surface area contributed by atoms with Crippen molar-refractivity contribution in [2.75, 3.05) is 39.3 Å². The van der Waals surface area contributed by atoms with Crippen molar-refractivity contribution < 1.29 is 0 Å². The molecule has 166 valence electrons. The van der Waals surface area contributed by atoms with Gasteiger partial charge < -0.3 is 15.2 Å². The van der Waals surface area contributed by atoms with Gasteiger partial charge in [-0.25, -0.2) is 0 Å². The molecule has 3 aromatic carbocycles. The smallest absolute Gasteiger partial charge is 0.0594 e. The van der Waals surface area contributed by atoms with E-state index in [0.717, 1.165) is 54.8 Å². The molecule has 0 radical (unpaired) electrons. The van der Waals surface area contributed by atoms with E-state index in [2.05, 4.69) is 119 Å². The summed E-state index contributed by atoms with van der Waals surface area (Å²) in [7, 11) is 0. The van der Waals surface area contributed by atoms with Gasteiger partial charge in [0.05, 0.1) is 6.04 Å². The van der Waals surface area contributed by atoms with E-state index in [1.54, 1.807) is 0 Å². The Balaban J connectivity index is 1.53. The average Bonchev–Trinajstić information content (AvgIpc) is 3.12. The second kappa shape index (κ2) is 10.1. The molecule has 4 nitrogen and oxygen atoms in total. The zero-order chi connectivity index (χ0) is 21.9. The van der Waals surface area contributed by atoms with Gasteiger partial charge in [-0.3, -0.25) is 4.90 Å². The van der Waals surface area contributed by atoms with Gasteiger partial charge in [-0.05, 0) is 42.0 Å². The largest absolute Gasteiger partial charge is 0.335 e. The zero-order valence-corrected chi connectivity index (χ0v) is 21.2. The molecule has 1 atom stereocenters. The van der Waals surface area contributed by atoms with Crippen molar-refractivity contribution in [2.45, 2.75) is 12.6 Å². The molecular weight excluding hydrogens is 528 g/mol. The number of nitrogens with zero attached hydrogens (tertiary/aromatic N) is 2. The second-order valence-corrected chi connectivity index (χ2v) is 10.3. The van der Waals surface area contributed by atoms with Crippen LogP contribution in [0.1, 0.15) is 11.6 Å². The van der Waals surface area contributed by atoms with Crippen LogP contribution in [-0.2, 0) is 6.54 Å². The Morgan fingerprint density at radius 3 is 2.09 bits per heavy atom. The summed E-state index contributed by atoms with van der Waals surface area (Å²) in [4.78, 5) is 2.60. The first-order valence-corrected chi connectivity index (χ1v) is 12.8. The van der Waals surface area contributed by atoms with Crippen molar-refractivity contribution in [2.24, 2.45) is 0 Å². The Hall–Kier alpha value is -1.70. The highest BCUT2D eigenvalue weighted by molar-refractivity contribution is 9.10. The Labute approximate surface area is 206 Å². The first-order valence-electron chi connectivity index (χ1n) is 11.3. The van der Waals surface area contributed by atoms with Crippen LogP contribution in [0.15, 0.2) is 75.7 Å². The first-order chi connectivity index (χ1) is 15.7. The maximum atomic E-state index is 3.75. The van der Waals surface area contributed by atoms with E-state index in [4.69, 9.17) is 0 Å². The minimum Gasteiger partial charge on any atom is -0.335 e. The standard InChI is InChI=1S/C26H28Br2N4/c27-20-6-8-25-23(14-20)24-15-21(28)7-9-26(24)32(25)22(18-31-12-10-29-11-13-31)17-30-16-19-4-2-1-3-5-19/h1-9,14-15,22,29-30H,10-13,16-18H2. The van der Waals surface area contributed by atoms with Crippen LogP contribution >= 0.6 is 31.9 Å². The number of fused-ring (bicyclic) bond motifs is 3. The van der Waals surface area contributed by atoms with Crippen LogP contribution < -0.4 is 10.6 Å². The van der Waals surface area contributed by atoms with Gasteiger partial charge in [-0.2, -0.15) is 0 Å². The van der Waals surface area contributed by atoms with Crippen molar-refractivity contribution in [3.05, 3.63) is 81.2 Å². The number of halogens is 2. The van der Waals surface area contributed by atoms with Crippen LogP contribution in [0.4, 0.5) is 0 Å². The van der Waals surface area contributed by atoms with Crippen LogP contribution in [0, 0.1) is 0 Å². The summed E-state index contributed by atoms with van der Waals surface area (Å²) in [5.41, 5.74) is 3.91. The molecule has 0 spiro atoms. The molecular formula is C26H28Br2N4. The van der Waals surface area contributed by atoms with Gasteiger partial charge in [-0.15, -0.1) is 0 Å². The highest BCUT2D eigenvalue weighted by Gasteiger charge is 2.22. The number of aromatic nitrogens is 1. The van der Waals surface area contributed by atoms with Gasteiger partial charge in [0.2, 0.25) is 0 Å². The van der Waals surface area contributed by atoms with E-state index in [1.165, 1.54) is 27.4 Å². The normalized spacial score (nSPS) is 16.1. The molecule has 1 aromatic heterocycles. The molecule has 1 aliphatic heterocycles. The molecule has 0 saturated carbocycles. The number of hydrogen-bond acceptors (Lipinski definition) is 3.